The monoisotopic (exact) mass is 382 g/mol. The summed E-state index contributed by atoms with van der Waals surface area (Å²) in [4.78, 5) is 2.44. The molecule has 27 heavy (non-hydrogen) atoms. The van der Waals surface area contributed by atoms with Crippen molar-refractivity contribution < 1.29 is 5.11 Å². The average Bonchev–Trinajstić information content (AvgIpc) is 3.26. The standard InChI is InChI=1S/C21H23ClN4O/c1-15-11-25(12-16-5-3-2-4-6-16)13-19(15)26-20(14-27)21(23-24-26)17-7-9-18(22)10-8-17/h2-10,15,19,27H,11-14H2,1H3/t15-,19-/m1/s1. The summed E-state index contributed by atoms with van der Waals surface area (Å²) in [7, 11) is 0. The molecule has 0 radical (unpaired) electrons. The molecule has 0 bridgehead atoms. The van der Waals surface area contributed by atoms with Crippen molar-refractivity contribution in [2.24, 2.45) is 5.92 Å². The molecule has 0 amide bonds. The van der Waals surface area contributed by atoms with Crippen LogP contribution in [0.15, 0.2) is 54.6 Å². The fraction of sp³-hybridized carbons (Fsp3) is 0.333. The number of benzene rings is 2. The molecule has 1 N–H and O–H groups in total. The Morgan fingerprint density at radius 1 is 1.07 bits per heavy atom. The van der Waals surface area contributed by atoms with Crippen LogP contribution in [0.25, 0.3) is 11.3 Å². The Morgan fingerprint density at radius 3 is 2.52 bits per heavy atom. The van der Waals surface area contributed by atoms with Gasteiger partial charge in [0.15, 0.2) is 0 Å². The zero-order valence-electron chi connectivity index (χ0n) is 15.3. The molecule has 5 nitrogen and oxygen atoms in total. The minimum absolute atomic E-state index is 0.0904. The summed E-state index contributed by atoms with van der Waals surface area (Å²) in [6.07, 6.45) is 0. The number of hydrogen-bond acceptors (Lipinski definition) is 4. The van der Waals surface area contributed by atoms with E-state index in [1.54, 1.807) is 0 Å². The first-order chi connectivity index (χ1) is 13.2. The number of aliphatic hydroxyl groups excluding tert-OH is 1. The summed E-state index contributed by atoms with van der Waals surface area (Å²) >= 11 is 5.99. The zero-order chi connectivity index (χ0) is 18.8. The Kier molecular flexibility index (Phi) is 5.25. The smallest absolute Gasteiger partial charge is 0.118 e. The second kappa shape index (κ2) is 7.80. The molecule has 4 rings (SSSR count). The quantitative estimate of drug-likeness (QED) is 0.729. The van der Waals surface area contributed by atoms with Gasteiger partial charge in [0, 0.05) is 30.2 Å². The van der Waals surface area contributed by atoms with Gasteiger partial charge in [-0.05, 0) is 23.6 Å². The highest BCUT2D eigenvalue weighted by atomic mass is 35.5. The Labute approximate surface area is 164 Å². The fourth-order valence-electron chi connectivity index (χ4n) is 3.90. The van der Waals surface area contributed by atoms with Gasteiger partial charge in [-0.2, -0.15) is 0 Å². The summed E-state index contributed by atoms with van der Waals surface area (Å²) in [5.41, 5.74) is 3.72. The summed E-state index contributed by atoms with van der Waals surface area (Å²) in [6.45, 7) is 4.97. The first kappa shape index (κ1) is 18.2. The first-order valence-electron chi connectivity index (χ1n) is 9.23. The molecule has 1 aliphatic rings. The van der Waals surface area contributed by atoms with Crippen molar-refractivity contribution in [1.82, 2.24) is 19.9 Å². The SMILES string of the molecule is C[C@@H]1CN(Cc2ccccc2)C[C@H]1n1nnc(-c2ccc(Cl)cc2)c1CO. The highest BCUT2D eigenvalue weighted by molar-refractivity contribution is 6.30. The van der Waals surface area contributed by atoms with E-state index in [1.807, 2.05) is 35.0 Å². The molecule has 0 aliphatic carbocycles. The minimum Gasteiger partial charge on any atom is -0.390 e. The van der Waals surface area contributed by atoms with Crippen LogP contribution in [-0.4, -0.2) is 38.1 Å². The number of aromatic nitrogens is 3. The maximum Gasteiger partial charge on any atom is 0.118 e. The van der Waals surface area contributed by atoms with Gasteiger partial charge in [-0.25, -0.2) is 4.68 Å². The summed E-state index contributed by atoms with van der Waals surface area (Å²) in [5.74, 6) is 0.429. The molecule has 2 heterocycles. The predicted molar refractivity (Wildman–Crippen MR) is 106 cm³/mol. The number of likely N-dealkylation sites (tertiary alicyclic amines) is 1. The molecule has 140 valence electrons. The minimum atomic E-state index is -0.0904. The van der Waals surface area contributed by atoms with Crippen molar-refractivity contribution in [2.45, 2.75) is 26.1 Å². The van der Waals surface area contributed by atoms with Gasteiger partial charge < -0.3 is 5.11 Å². The Balaban J connectivity index is 1.57. The lowest BCUT2D eigenvalue weighted by molar-refractivity contribution is 0.254. The third kappa shape index (κ3) is 3.76. The lowest BCUT2D eigenvalue weighted by atomic mass is 10.1. The van der Waals surface area contributed by atoms with Gasteiger partial charge in [0.1, 0.15) is 5.69 Å². The van der Waals surface area contributed by atoms with Crippen LogP contribution < -0.4 is 0 Å². The van der Waals surface area contributed by atoms with Crippen LogP contribution in [-0.2, 0) is 13.2 Å². The number of rotatable bonds is 5. The van der Waals surface area contributed by atoms with Gasteiger partial charge in [-0.1, -0.05) is 66.2 Å². The summed E-state index contributed by atoms with van der Waals surface area (Å²) in [6, 6.07) is 18.2. The highest BCUT2D eigenvalue weighted by Crippen LogP contribution is 2.32. The van der Waals surface area contributed by atoms with Crippen LogP contribution in [0.1, 0.15) is 24.2 Å². The highest BCUT2D eigenvalue weighted by Gasteiger charge is 2.33. The molecule has 2 aromatic carbocycles. The second-order valence-electron chi connectivity index (χ2n) is 7.22. The van der Waals surface area contributed by atoms with Gasteiger partial charge in [-0.15, -0.1) is 5.10 Å². The lowest BCUT2D eigenvalue weighted by Crippen LogP contribution is -2.22. The van der Waals surface area contributed by atoms with Crippen molar-refractivity contribution in [3.05, 3.63) is 70.9 Å². The molecule has 1 saturated heterocycles. The van der Waals surface area contributed by atoms with Crippen molar-refractivity contribution >= 4 is 11.6 Å². The van der Waals surface area contributed by atoms with Gasteiger partial charge in [0.2, 0.25) is 0 Å². The van der Waals surface area contributed by atoms with Crippen LogP contribution in [0, 0.1) is 5.92 Å². The van der Waals surface area contributed by atoms with E-state index in [0.717, 1.165) is 36.6 Å². The zero-order valence-corrected chi connectivity index (χ0v) is 16.0. The maximum absolute atomic E-state index is 10.0. The van der Waals surface area contributed by atoms with Crippen LogP contribution in [0.2, 0.25) is 5.02 Å². The van der Waals surface area contributed by atoms with Crippen LogP contribution in [0.5, 0.6) is 0 Å². The van der Waals surface area contributed by atoms with Crippen LogP contribution in [0.3, 0.4) is 0 Å². The van der Waals surface area contributed by atoms with E-state index in [1.165, 1.54) is 5.56 Å². The number of nitrogens with zero attached hydrogens (tertiary/aromatic N) is 4. The van der Waals surface area contributed by atoms with E-state index in [9.17, 15) is 5.11 Å². The number of hydrogen-bond donors (Lipinski definition) is 1. The molecule has 1 fully saturated rings. The van der Waals surface area contributed by atoms with Crippen LogP contribution >= 0.6 is 11.6 Å². The van der Waals surface area contributed by atoms with Crippen LogP contribution in [0.4, 0.5) is 0 Å². The Morgan fingerprint density at radius 2 is 1.81 bits per heavy atom. The van der Waals surface area contributed by atoms with Crippen molar-refractivity contribution in [3.8, 4) is 11.3 Å². The van der Waals surface area contributed by atoms with Crippen molar-refractivity contribution in [1.29, 1.82) is 0 Å². The van der Waals surface area contributed by atoms with E-state index in [2.05, 4.69) is 46.4 Å². The summed E-state index contributed by atoms with van der Waals surface area (Å²) < 4.78 is 1.92. The third-order valence-electron chi connectivity index (χ3n) is 5.27. The van der Waals surface area contributed by atoms with Gasteiger partial charge in [-0.3, -0.25) is 4.90 Å². The molecule has 6 heteroatoms. The molecular formula is C21H23ClN4O. The molecule has 1 aliphatic heterocycles. The van der Waals surface area contributed by atoms with E-state index in [-0.39, 0.29) is 12.6 Å². The third-order valence-corrected chi connectivity index (χ3v) is 5.52. The topological polar surface area (TPSA) is 54.2 Å². The molecule has 3 aromatic rings. The van der Waals surface area contributed by atoms with Crippen molar-refractivity contribution in [2.75, 3.05) is 13.1 Å². The largest absolute Gasteiger partial charge is 0.390 e. The Hall–Kier alpha value is -2.21. The first-order valence-corrected chi connectivity index (χ1v) is 9.60. The summed E-state index contributed by atoms with van der Waals surface area (Å²) in [5, 5.41) is 19.5. The molecule has 2 atom stereocenters. The maximum atomic E-state index is 10.0. The number of aliphatic hydroxyl groups is 1. The van der Waals surface area contributed by atoms with Gasteiger partial charge in [0.05, 0.1) is 18.3 Å². The van der Waals surface area contributed by atoms with E-state index in [4.69, 9.17) is 11.6 Å². The average molecular weight is 383 g/mol. The second-order valence-corrected chi connectivity index (χ2v) is 7.66. The van der Waals surface area contributed by atoms with E-state index in [0.29, 0.717) is 10.9 Å². The Bertz CT molecular complexity index is 894. The van der Waals surface area contributed by atoms with E-state index >= 15 is 0 Å². The van der Waals surface area contributed by atoms with Gasteiger partial charge in [0.25, 0.3) is 0 Å². The molecule has 1 aromatic heterocycles. The predicted octanol–water partition coefficient (Wildman–Crippen LogP) is 3.78. The fourth-order valence-corrected chi connectivity index (χ4v) is 4.02. The lowest BCUT2D eigenvalue weighted by Gasteiger charge is -2.18. The molecule has 0 unspecified atom stereocenters. The molecule has 0 saturated carbocycles. The molecule has 0 spiro atoms. The van der Waals surface area contributed by atoms with Crippen molar-refractivity contribution in [3.63, 3.8) is 0 Å². The van der Waals surface area contributed by atoms with E-state index < -0.39 is 0 Å². The normalized spacial score (nSPS) is 20.3. The number of halogens is 1. The molecular weight excluding hydrogens is 360 g/mol. The van der Waals surface area contributed by atoms with Gasteiger partial charge >= 0.3 is 0 Å².